The molecular formula is C19H29NS. The van der Waals surface area contributed by atoms with Gasteiger partial charge in [-0.15, -0.1) is 11.3 Å². The summed E-state index contributed by atoms with van der Waals surface area (Å²) in [6, 6.07) is 2.99. The van der Waals surface area contributed by atoms with E-state index in [9.17, 15) is 0 Å². The van der Waals surface area contributed by atoms with E-state index in [1.54, 1.807) is 16.0 Å². The van der Waals surface area contributed by atoms with Crippen molar-refractivity contribution >= 4 is 11.3 Å². The molecule has 1 N–H and O–H groups in total. The minimum Gasteiger partial charge on any atom is -0.310 e. The van der Waals surface area contributed by atoms with Crippen molar-refractivity contribution in [2.24, 2.45) is 0 Å². The van der Waals surface area contributed by atoms with Crippen LogP contribution in [0, 0.1) is 0 Å². The average Bonchev–Trinajstić information content (AvgIpc) is 2.93. The minimum atomic E-state index is 0.585. The molecule has 1 heterocycles. The highest BCUT2D eigenvalue weighted by atomic mass is 32.1. The summed E-state index contributed by atoms with van der Waals surface area (Å²) in [5.74, 6) is 0.714. The molecule has 0 aliphatic heterocycles. The SMILES string of the molecule is CCNC(/C1=C/CCCCCC1)C1CCCc2sccc21. The van der Waals surface area contributed by atoms with Crippen LogP contribution in [0.5, 0.6) is 0 Å². The van der Waals surface area contributed by atoms with Crippen molar-refractivity contribution in [3.8, 4) is 0 Å². The molecule has 0 spiro atoms. The molecule has 1 aromatic rings. The predicted molar refractivity (Wildman–Crippen MR) is 93.2 cm³/mol. The van der Waals surface area contributed by atoms with E-state index >= 15 is 0 Å². The molecule has 0 amide bonds. The van der Waals surface area contributed by atoms with E-state index in [4.69, 9.17) is 0 Å². The third kappa shape index (κ3) is 3.60. The van der Waals surface area contributed by atoms with Crippen LogP contribution in [0.2, 0.25) is 0 Å². The number of likely N-dealkylation sites (N-methyl/N-ethyl adjacent to an activating group) is 1. The van der Waals surface area contributed by atoms with Gasteiger partial charge in [0.05, 0.1) is 0 Å². The molecule has 0 saturated carbocycles. The van der Waals surface area contributed by atoms with Crippen molar-refractivity contribution < 1.29 is 0 Å². The molecule has 0 bridgehead atoms. The first kappa shape index (κ1) is 15.3. The molecule has 0 radical (unpaired) electrons. The molecule has 1 nitrogen and oxygen atoms in total. The molecule has 3 rings (SSSR count). The zero-order valence-corrected chi connectivity index (χ0v) is 14.2. The van der Waals surface area contributed by atoms with Crippen LogP contribution < -0.4 is 5.32 Å². The van der Waals surface area contributed by atoms with Crippen molar-refractivity contribution in [3.63, 3.8) is 0 Å². The fourth-order valence-electron chi connectivity index (χ4n) is 4.12. The Morgan fingerprint density at radius 1 is 1.19 bits per heavy atom. The first-order chi connectivity index (χ1) is 10.4. The number of thiophene rings is 1. The normalized spacial score (nSPS) is 27.1. The monoisotopic (exact) mass is 303 g/mol. The second-order valence-corrected chi connectivity index (χ2v) is 7.57. The van der Waals surface area contributed by atoms with E-state index in [1.165, 1.54) is 57.8 Å². The Labute approximate surface area is 133 Å². The van der Waals surface area contributed by atoms with E-state index in [2.05, 4.69) is 29.8 Å². The smallest absolute Gasteiger partial charge is 0.0348 e. The maximum Gasteiger partial charge on any atom is 0.0348 e. The molecule has 0 fully saturated rings. The van der Waals surface area contributed by atoms with E-state index in [0.717, 1.165) is 6.54 Å². The van der Waals surface area contributed by atoms with Gasteiger partial charge < -0.3 is 5.32 Å². The molecule has 1 aromatic heterocycles. The Balaban J connectivity index is 1.84. The van der Waals surface area contributed by atoms with Crippen molar-refractivity contribution in [1.29, 1.82) is 0 Å². The van der Waals surface area contributed by atoms with Gasteiger partial charge in [-0.1, -0.05) is 31.4 Å². The van der Waals surface area contributed by atoms with Crippen molar-refractivity contribution in [2.45, 2.75) is 76.7 Å². The van der Waals surface area contributed by atoms with E-state index in [-0.39, 0.29) is 0 Å². The number of fused-ring (bicyclic) bond motifs is 1. The summed E-state index contributed by atoms with van der Waals surface area (Å²) in [5.41, 5.74) is 3.36. The maximum absolute atomic E-state index is 3.84. The van der Waals surface area contributed by atoms with Gasteiger partial charge >= 0.3 is 0 Å². The lowest BCUT2D eigenvalue weighted by molar-refractivity contribution is 0.424. The molecule has 116 valence electrons. The Kier molecular flexibility index (Phi) is 5.54. The zero-order chi connectivity index (χ0) is 14.5. The Morgan fingerprint density at radius 2 is 2.10 bits per heavy atom. The Morgan fingerprint density at radius 3 is 3.00 bits per heavy atom. The van der Waals surface area contributed by atoms with Gasteiger partial charge in [-0.25, -0.2) is 0 Å². The summed E-state index contributed by atoms with van der Waals surface area (Å²) in [6.07, 6.45) is 14.8. The summed E-state index contributed by atoms with van der Waals surface area (Å²) in [5, 5.41) is 6.14. The summed E-state index contributed by atoms with van der Waals surface area (Å²) in [7, 11) is 0. The minimum absolute atomic E-state index is 0.585. The fourth-order valence-corrected chi connectivity index (χ4v) is 5.12. The number of nitrogens with one attached hydrogen (secondary N) is 1. The van der Waals surface area contributed by atoms with Gasteiger partial charge in [0.1, 0.15) is 0 Å². The van der Waals surface area contributed by atoms with Crippen LogP contribution in [-0.4, -0.2) is 12.6 Å². The van der Waals surface area contributed by atoms with Crippen molar-refractivity contribution in [1.82, 2.24) is 5.32 Å². The van der Waals surface area contributed by atoms with E-state index in [0.29, 0.717) is 12.0 Å². The number of allylic oxidation sites excluding steroid dienone is 1. The molecule has 2 aliphatic rings. The first-order valence-electron chi connectivity index (χ1n) is 8.88. The highest BCUT2D eigenvalue weighted by molar-refractivity contribution is 7.10. The van der Waals surface area contributed by atoms with Crippen molar-refractivity contribution in [2.75, 3.05) is 6.54 Å². The lowest BCUT2D eigenvalue weighted by Gasteiger charge is -2.34. The Hall–Kier alpha value is -0.600. The lowest BCUT2D eigenvalue weighted by atomic mass is 9.78. The van der Waals surface area contributed by atoms with Crippen LogP contribution in [-0.2, 0) is 6.42 Å². The highest BCUT2D eigenvalue weighted by Crippen LogP contribution is 2.40. The third-order valence-corrected chi connectivity index (χ3v) is 6.15. The number of aryl methyl sites for hydroxylation is 1. The molecule has 0 aromatic carbocycles. The van der Waals surface area contributed by atoms with E-state index < -0.39 is 0 Å². The molecule has 2 aliphatic carbocycles. The van der Waals surface area contributed by atoms with Gasteiger partial charge in [0.15, 0.2) is 0 Å². The lowest BCUT2D eigenvalue weighted by Crippen LogP contribution is -2.38. The topological polar surface area (TPSA) is 12.0 Å². The van der Waals surface area contributed by atoms with Crippen LogP contribution in [0.3, 0.4) is 0 Å². The molecule has 2 unspecified atom stereocenters. The second-order valence-electron chi connectivity index (χ2n) is 6.57. The standard InChI is InChI=1S/C19H29NS/c1-2-20-19(15-9-6-4-3-5-7-10-15)17-11-8-12-18-16(17)13-14-21-18/h9,13-14,17,19-20H,2-8,10-12H2,1H3/b15-9+. The highest BCUT2D eigenvalue weighted by Gasteiger charge is 2.30. The Bertz CT molecular complexity index is 474. The molecule has 2 heteroatoms. The number of hydrogen-bond acceptors (Lipinski definition) is 2. The van der Waals surface area contributed by atoms with Gasteiger partial charge in [0.2, 0.25) is 0 Å². The van der Waals surface area contributed by atoms with Gasteiger partial charge in [-0.3, -0.25) is 0 Å². The van der Waals surface area contributed by atoms with Crippen LogP contribution in [0.15, 0.2) is 23.1 Å². The zero-order valence-electron chi connectivity index (χ0n) is 13.4. The number of hydrogen-bond donors (Lipinski definition) is 1. The van der Waals surface area contributed by atoms with Crippen molar-refractivity contribution in [3.05, 3.63) is 33.5 Å². The summed E-state index contributed by atoms with van der Waals surface area (Å²) >= 11 is 1.97. The van der Waals surface area contributed by atoms with Crippen LogP contribution >= 0.6 is 11.3 Å². The van der Waals surface area contributed by atoms with Gasteiger partial charge in [0, 0.05) is 16.8 Å². The van der Waals surface area contributed by atoms with Gasteiger partial charge in [-0.05, 0) is 68.5 Å². The fraction of sp³-hybridized carbons (Fsp3) is 0.684. The van der Waals surface area contributed by atoms with Gasteiger partial charge in [-0.2, -0.15) is 0 Å². The number of rotatable bonds is 4. The van der Waals surface area contributed by atoms with Gasteiger partial charge in [0.25, 0.3) is 0 Å². The molecule has 21 heavy (non-hydrogen) atoms. The summed E-state index contributed by atoms with van der Waals surface area (Å²) < 4.78 is 0. The van der Waals surface area contributed by atoms with E-state index in [1.807, 2.05) is 11.3 Å². The molecular weight excluding hydrogens is 274 g/mol. The average molecular weight is 304 g/mol. The third-order valence-electron chi connectivity index (χ3n) is 5.15. The second kappa shape index (κ2) is 7.60. The quantitative estimate of drug-likeness (QED) is 0.732. The predicted octanol–water partition coefficient (Wildman–Crippen LogP) is 5.43. The molecule has 0 saturated heterocycles. The summed E-state index contributed by atoms with van der Waals surface area (Å²) in [4.78, 5) is 1.65. The summed E-state index contributed by atoms with van der Waals surface area (Å²) in [6.45, 7) is 3.34. The van der Waals surface area contributed by atoms with Crippen LogP contribution in [0.4, 0.5) is 0 Å². The first-order valence-corrected chi connectivity index (χ1v) is 9.76. The van der Waals surface area contributed by atoms with Crippen LogP contribution in [0.25, 0.3) is 0 Å². The maximum atomic E-state index is 3.84. The molecule has 2 atom stereocenters. The largest absolute Gasteiger partial charge is 0.310 e. The van der Waals surface area contributed by atoms with Crippen LogP contribution in [0.1, 0.15) is 74.6 Å².